The van der Waals surface area contributed by atoms with E-state index in [1.165, 1.54) is 16.8 Å². The molecular formula is C36H44N2O4. The summed E-state index contributed by atoms with van der Waals surface area (Å²) in [6.45, 7) is 21.1. The molecule has 42 heavy (non-hydrogen) atoms. The van der Waals surface area contributed by atoms with Gasteiger partial charge in [-0.05, 0) is 76.2 Å². The molecule has 0 radical (unpaired) electrons. The second-order valence-electron chi connectivity index (χ2n) is 16.0. The lowest BCUT2D eigenvalue weighted by Gasteiger charge is -2.51. The van der Waals surface area contributed by atoms with Gasteiger partial charge in [-0.15, -0.1) is 0 Å². The first kappa shape index (κ1) is 27.5. The van der Waals surface area contributed by atoms with Crippen LogP contribution in [0.1, 0.15) is 97.8 Å². The molecular weight excluding hydrogens is 524 g/mol. The topological polar surface area (TPSA) is 81.1 Å². The van der Waals surface area contributed by atoms with Gasteiger partial charge in [-0.3, -0.25) is 9.59 Å². The van der Waals surface area contributed by atoms with Gasteiger partial charge in [-0.2, -0.15) is 0 Å². The smallest absolute Gasteiger partial charge is 0.202 e. The van der Waals surface area contributed by atoms with Crippen molar-refractivity contribution in [2.45, 2.75) is 91.9 Å². The third kappa shape index (κ3) is 3.44. The number of piperidine rings is 1. The Bertz CT molecular complexity index is 1600. The van der Waals surface area contributed by atoms with Crippen LogP contribution in [0.2, 0.25) is 0 Å². The van der Waals surface area contributed by atoms with Gasteiger partial charge in [0.15, 0.2) is 5.78 Å². The number of Topliss-reactive ketones (excluding diaryl/α,β-unsaturated/α-hetero) is 2. The molecule has 1 saturated heterocycles. The molecule has 0 saturated carbocycles. The summed E-state index contributed by atoms with van der Waals surface area (Å²) in [6, 6.07) is 4.18. The van der Waals surface area contributed by atoms with E-state index >= 15 is 0 Å². The highest BCUT2D eigenvalue weighted by Crippen LogP contribution is 2.56. The lowest BCUT2D eigenvalue weighted by molar-refractivity contribution is -0.115. The van der Waals surface area contributed by atoms with Crippen LogP contribution in [-0.4, -0.2) is 52.9 Å². The fourth-order valence-corrected chi connectivity index (χ4v) is 8.42. The molecule has 6 aliphatic rings. The van der Waals surface area contributed by atoms with E-state index < -0.39 is 5.41 Å². The van der Waals surface area contributed by atoms with Crippen molar-refractivity contribution < 1.29 is 19.8 Å². The Kier molecular flexibility index (Phi) is 5.38. The molecule has 0 spiro atoms. The summed E-state index contributed by atoms with van der Waals surface area (Å²) in [5.41, 5.74) is 5.93. The second kappa shape index (κ2) is 8.21. The van der Waals surface area contributed by atoms with E-state index in [2.05, 4.69) is 77.3 Å². The number of allylic oxidation sites excluding steroid dienone is 5. The number of nitrogens with zero attached hydrogens (tertiary/aromatic N) is 2. The molecule has 222 valence electrons. The molecule has 1 fully saturated rings. The zero-order valence-corrected chi connectivity index (χ0v) is 26.4. The Morgan fingerprint density at radius 3 is 1.55 bits per heavy atom. The molecule has 4 aliphatic heterocycles. The number of rotatable bonds is 1. The summed E-state index contributed by atoms with van der Waals surface area (Å²) in [6.07, 6.45) is 3.69. The molecule has 7 rings (SSSR count). The number of carbonyl (C=O) groups is 2. The van der Waals surface area contributed by atoms with Gasteiger partial charge in [0.2, 0.25) is 5.78 Å². The number of aliphatic hydroxyl groups is 2. The van der Waals surface area contributed by atoms with E-state index in [1.54, 1.807) is 0 Å². The predicted octanol–water partition coefficient (Wildman–Crippen LogP) is 6.81. The average molecular weight is 569 g/mol. The lowest BCUT2D eigenvalue weighted by Crippen LogP contribution is -2.49. The van der Waals surface area contributed by atoms with Gasteiger partial charge in [-0.1, -0.05) is 55.4 Å². The maximum atomic E-state index is 14.3. The van der Waals surface area contributed by atoms with Gasteiger partial charge in [0.1, 0.15) is 11.5 Å². The van der Waals surface area contributed by atoms with Gasteiger partial charge >= 0.3 is 0 Å². The van der Waals surface area contributed by atoms with Crippen molar-refractivity contribution in [3.63, 3.8) is 0 Å². The number of ketones is 2. The van der Waals surface area contributed by atoms with E-state index in [4.69, 9.17) is 0 Å². The molecule has 0 atom stereocenters. The minimum atomic E-state index is -0.409. The normalized spacial score (nSPS) is 28.6. The number of carbonyl (C=O) groups excluding carboxylic acids is 2. The molecule has 2 aliphatic carbocycles. The Morgan fingerprint density at radius 1 is 0.571 bits per heavy atom. The van der Waals surface area contributed by atoms with Crippen molar-refractivity contribution in [2.75, 3.05) is 31.1 Å². The lowest BCUT2D eigenvalue weighted by atomic mass is 9.62. The number of benzene rings is 1. The molecule has 1 aromatic carbocycles. The molecule has 6 nitrogen and oxygen atoms in total. The third-order valence-electron chi connectivity index (χ3n) is 11.4. The molecule has 6 heteroatoms. The number of aliphatic hydroxyl groups excluding tert-OH is 2. The van der Waals surface area contributed by atoms with E-state index in [-0.39, 0.29) is 56.0 Å². The van der Waals surface area contributed by atoms with Gasteiger partial charge in [0, 0.05) is 43.0 Å². The molecule has 1 aromatic rings. The maximum Gasteiger partial charge on any atom is 0.202 e. The SMILES string of the molecule is CC1(C)CCN2CCC(C)(C)C3=C2C1=C(O)/C(=C1/C(=O)C(c2cc4c5c(c2)C(C)(C)CCN5CCC4(C)C)=C1O)C3=O. The fourth-order valence-electron chi connectivity index (χ4n) is 8.42. The first-order valence-electron chi connectivity index (χ1n) is 15.6. The van der Waals surface area contributed by atoms with Crippen molar-refractivity contribution in [1.82, 2.24) is 4.90 Å². The van der Waals surface area contributed by atoms with Gasteiger partial charge < -0.3 is 20.0 Å². The molecule has 4 heterocycles. The van der Waals surface area contributed by atoms with Crippen molar-refractivity contribution >= 4 is 22.8 Å². The molecule has 0 unspecified atom stereocenters. The largest absolute Gasteiger partial charge is 0.507 e. The first-order valence-corrected chi connectivity index (χ1v) is 15.6. The fraction of sp³-hybridized carbons (Fsp3) is 0.556. The summed E-state index contributed by atoms with van der Waals surface area (Å²) < 4.78 is 0. The van der Waals surface area contributed by atoms with Gasteiger partial charge in [0.25, 0.3) is 0 Å². The number of hydrogen-bond acceptors (Lipinski definition) is 6. The average Bonchev–Trinajstić information content (AvgIpc) is 2.89. The standard InChI is InChI=1S/C36H44N2O4/c1-33(2)9-13-37-14-10-34(3,4)21-18-19(17-20(33)27(21)37)22-29(39)23(30(22)40)24-31(41)25-28-26(32(24)42)36(7,8)12-16-38(28)15-11-35(25,5)6/h17-18,39,41H,9-16H2,1-8H3/b24-23-. The summed E-state index contributed by atoms with van der Waals surface area (Å²) in [7, 11) is 0. The van der Waals surface area contributed by atoms with Crippen LogP contribution >= 0.6 is 0 Å². The molecule has 0 bridgehead atoms. The maximum absolute atomic E-state index is 14.3. The minimum Gasteiger partial charge on any atom is -0.507 e. The highest BCUT2D eigenvalue weighted by Gasteiger charge is 2.53. The zero-order chi connectivity index (χ0) is 30.3. The van der Waals surface area contributed by atoms with E-state index in [0.29, 0.717) is 11.1 Å². The number of anilines is 1. The molecule has 0 amide bonds. The number of hydrogen-bond donors (Lipinski definition) is 2. The predicted molar refractivity (Wildman–Crippen MR) is 166 cm³/mol. The molecule has 2 N–H and O–H groups in total. The van der Waals surface area contributed by atoms with Crippen LogP contribution in [0.4, 0.5) is 5.69 Å². The summed E-state index contributed by atoms with van der Waals surface area (Å²) in [5, 5.41) is 23.4. The van der Waals surface area contributed by atoms with E-state index in [9.17, 15) is 19.8 Å². The van der Waals surface area contributed by atoms with Crippen molar-refractivity contribution in [3.8, 4) is 0 Å². The van der Waals surface area contributed by atoms with Crippen LogP contribution in [0, 0.1) is 10.8 Å². The van der Waals surface area contributed by atoms with Crippen LogP contribution in [0.5, 0.6) is 0 Å². The zero-order valence-electron chi connectivity index (χ0n) is 26.4. The third-order valence-corrected chi connectivity index (χ3v) is 11.4. The summed E-state index contributed by atoms with van der Waals surface area (Å²) >= 11 is 0. The monoisotopic (exact) mass is 568 g/mol. The van der Waals surface area contributed by atoms with Crippen LogP contribution in [0.25, 0.3) is 5.57 Å². The van der Waals surface area contributed by atoms with Crippen LogP contribution in [-0.2, 0) is 20.4 Å². The van der Waals surface area contributed by atoms with Crippen molar-refractivity contribution in [1.29, 1.82) is 0 Å². The minimum absolute atomic E-state index is 0.0222. The first-order chi connectivity index (χ1) is 19.5. The van der Waals surface area contributed by atoms with E-state index in [1.807, 2.05) is 0 Å². The Hall–Kier alpha value is -3.28. The van der Waals surface area contributed by atoms with E-state index in [0.717, 1.165) is 63.1 Å². The summed E-state index contributed by atoms with van der Waals surface area (Å²) in [4.78, 5) is 33.1. The Morgan fingerprint density at radius 2 is 1.02 bits per heavy atom. The van der Waals surface area contributed by atoms with Gasteiger partial charge in [-0.25, -0.2) is 0 Å². The van der Waals surface area contributed by atoms with Gasteiger partial charge in [0.05, 0.1) is 22.4 Å². The van der Waals surface area contributed by atoms with Crippen LogP contribution < -0.4 is 4.90 Å². The van der Waals surface area contributed by atoms with Crippen LogP contribution in [0.3, 0.4) is 0 Å². The summed E-state index contributed by atoms with van der Waals surface area (Å²) in [5.74, 6) is -1.01. The highest BCUT2D eigenvalue weighted by molar-refractivity contribution is 6.41. The molecule has 0 aromatic heterocycles. The Labute approximate surface area is 249 Å². The second-order valence-corrected chi connectivity index (χ2v) is 16.0. The highest BCUT2D eigenvalue weighted by atomic mass is 16.3. The van der Waals surface area contributed by atoms with Crippen molar-refractivity contribution in [2.24, 2.45) is 10.8 Å². The van der Waals surface area contributed by atoms with Crippen molar-refractivity contribution in [3.05, 3.63) is 68.3 Å². The quantitative estimate of drug-likeness (QED) is 0.362. The Balaban J connectivity index is 1.44. The van der Waals surface area contributed by atoms with Crippen LogP contribution in [0.15, 0.2) is 51.6 Å².